The molecule has 2 aromatic carbocycles. The van der Waals surface area contributed by atoms with Gasteiger partial charge in [0.05, 0.1) is 41.9 Å². The van der Waals surface area contributed by atoms with Crippen molar-refractivity contribution < 1.29 is 37.3 Å². The van der Waals surface area contributed by atoms with Crippen LogP contribution in [0.3, 0.4) is 0 Å². The summed E-state index contributed by atoms with van der Waals surface area (Å²) >= 11 is 0. The number of anilines is 1. The second kappa shape index (κ2) is 15.2. The Morgan fingerprint density at radius 1 is 1.11 bits per heavy atom. The summed E-state index contributed by atoms with van der Waals surface area (Å²) in [4.78, 5) is 17.5. The van der Waals surface area contributed by atoms with Gasteiger partial charge in [-0.15, -0.1) is 0 Å². The molecule has 0 spiro atoms. The minimum atomic E-state index is -4.01. The average Bonchev–Trinajstić information content (AvgIpc) is 3.65. The van der Waals surface area contributed by atoms with Crippen molar-refractivity contribution in [1.29, 1.82) is 0 Å². The molecule has 0 bridgehead atoms. The molecule has 5 atom stereocenters. The van der Waals surface area contributed by atoms with Crippen LogP contribution in [0.4, 0.5) is 10.5 Å². The standard InChI is InChI=1S/C33H42N4O8S/c1-22(2)18-37(46(40,41)27-8-5-6-24(34)17-27)19-30(38)29(36-33(39)45-31-21-44-32-28(31)13-15-42-32)16-23-9-11-26(12-10-23)43-20-25-7-3-4-14-35-25/h3-12,14,17,22,28-32,38H,13,15-16,18-21,34H2,1-2H3,(H,36,39)/t28?,29-,30+,31-,32+/m0/s1. The molecule has 248 valence electrons. The first-order valence-electron chi connectivity index (χ1n) is 15.4. The molecule has 0 aliphatic carbocycles. The number of nitrogen functional groups attached to an aromatic ring is 1. The molecule has 0 saturated carbocycles. The normalized spacial score (nSPS) is 20.8. The number of rotatable bonds is 14. The van der Waals surface area contributed by atoms with E-state index in [4.69, 9.17) is 24.7 Å². The number of hydrogen-bond acceptors (Lipinski definition) is 10. The number of carbonyl (C=O) groups is 1. The van der Waals surface area contributed by atoms with Crippen molar-refractivity contribution in [2.24, 2.45) is 11.8 Å². The van der Waals surface area contributed by atoms with Gasteiger partial charge in [0, 0.05) is 25.0 Å². The van der Waals surface area contributed by atoms with Crippen LogP contribution < -0.4 is 15.8 Å². The van der Waals surface area contributed by atoms with Crippen LogP contribution in [0.25, 0.3) is 0 Å². The number of nitrogens with two attached hydrogens (primary N) is 1. The Morgan fingerprint density at radius 3 is 2.63 bits per heavy atom. The third kappa shape index (κ3) is 8.74. The van der Waals surface area contributed by atoms with E-state index in [-0.39, 0.29) is 49.1 Å². The zero-order valence-electron chi connectivity index (χ0n) is 26.0. The second-order valence-corrected chi connectivity index (χ2v) is 14.0. The van der Waals surface area contributed by atoms with Gasteiger partial charge in [0.25, 0.3) is 0 Å². The Balaban J connectivity index is 1.31. The molecule has 1 aromatic heterocycles. The van der Waals surface area contributed by atoms with Crippen molar-refractivity contribution in [2.45, 2.75) is 62.7 Å². The maximum Gasteiger partial charge on any atom is 0.407 e. The van der Waals surface area contributed by atoms with Crippen LogP contribution in [0, 0.1) is 11.8 Å². The highest BCUT2D eigenvalue weighted by molar-refractivity contribution is 7.89. The summed E-state index contributed by atoms with van der Waals surface area (Å²) in [5, 5.41) is 14.4. The lowest BCUT2D eigenvalue weighted by Gasteiger charge is -2.31. The second-order valence-electron chi connectivity index (χ2n) is 12.0. The first-order chi connectivity index (χ1) is 22.1. The Bertz CT molecular complexity index is 1540. The van der Waals surface area contributed by atoms with Gasteiger partial charge in [0.2, 0.25) is 10.0 Å². The Morgan fingerprint density at radius 2 is 1.91 bits per heavy atom. The molecular weight excluding hydrogens is 612 g/mol. The van der Waals surface area contributed by atoms with E-state index in [1.54, 1.807) is 30.5 Å². The molecule has 46 heavy (non-hydrogen) atoms. The van der Waals surface area contributed by atoms with Gasteiger partial charge in [-0.1, -0.05) is 38.1 Å². The average molecular weight is 655 g/mol. The third-order valence-corrected chi connectivity index (χ3v) is 9.79. The predicted octanol–water partition coefficient (Wildman–Crippen LogP) is 3.35. The van der Waals surface area contributed by atoms with Crippen molar-refractivity contribution in [3.8, 4) is 5.75 Å². The number of ether oxygens (including phenoxy) is 4. The quantitative estimate of drug-likeness (QED) is 0.220. The number of nitrogens with zero attached hydrogens (tertiary/aromatic N) is 2. The fraction of sp³-hybridized carbons (Fsp3) is 0.455. The number of carbonyl (C=O) groups excluding carboxylic acids is 1. The molecule has 12 nitrogen and oxygen atoms in total. The van der Waals surface area contributed by atoms with Crippen LogP contribution >= 0.6 is 0 Å². The van der Waals surface area contributed by atoms with Gasteiger partial charge >= 0.3 is 6.09 Å². The zero-order valence-corrected chi connectivity index (χ0v) is 26.8. The number of aromatic nitrogens is 1. The van der Waals surface area contributed by atoms with Gasteiger partial charge in [-0.05, 0) is 66.8 Å². The van der Waals surface area contributed by atoms with Crippen molar-refractivity contribution in [3.63, 3.8) is 0 Å². The molecule has 1 unspecified atom stereocenters. The summed E-state index contributed by atoms with van der Waals surface area (Å²) in [6.07, 6.45) is -0.273. The highest BCUT2D eigenvalue weighted by Gasteiger charge is 2.44. The number of amides is 1. The Kier molecular flexibility index (Phi) is 11.1. The minimum Gasteiger partial charge on any atom is -0.487 e. The Hall–Kier alpha value is -3.75. The molecule has 2 aliphatic heterocycles. The lowest BCUT2D eigenvalue weighted by molar-refractivity contribution is -0.0907. The fourth-order valence-corrected chi connectivity index (χ4v) is 7.29. The first kappa shape index (κ1) is 33.6. The highest BCUT2D eigenvalue weighted by atomic mass is 32.2. The molecule has 1 amide bonds. The summed E-state index contributed by atoms with van der Waals surface area (Å²) in [5.41, 5.74) is 7.77. The van der Waals surface area contributed by atoms with Gasteiger partial charge in [0.1, 0.15) is 18.5 Å². The number of sulfonamides is 1. The van der Waals surface area contributed by atoms with Gasteiger partial charge in [-0.3, -0.25) is 4.98 Å². The van der Waals surface area contributed by atoms with E-state index in [1.807, 2.05) is 44.2 Å². The number of aliphatic hydroxyl groups excluding tert-OH is 1. The molecule has 5 rings (SSSR count). The SMILES string of the molecule is CC(C)CN(C[C@@H](O)[C@H](Cc1ccc(OCc2ccccn2)cc1)NC(=O)O[C@H]1CO[C@H]2OCCC21)S(=O)(=O)c1cccc(N)c1. The molecule has 2 fully saturated rings. The van der Waals surface area contributed by atoms with Crippen molar-refractivity contribution >= 4 is 21.8 Å². The Labute approximate surface area is 269 Å². The highest BCUT2D eigenvalue weighted by Crippen LogP contribution is 2.33. The molecule has 4 N–H and O–H groups in total. The topological polar surface area (TPSA) is 163 Å². The van der Waals surface area contributed by atoms with Gasteiger partial charge < -0.3 is 35.1 Å². The third-order valence-electron chi connectivity index (χ3n) is 7.96. The van der Waals surface area contributed by atoms with E-state index in [2.05, 4.69) is 10.3 Å². The van der Waals surface area contributed by atoms with Crippen LogP contribution in [0.1, 0.15) is 31.5 Å². The predicted molar refractivity (Wildman–Crippen MR) is 170 cm³/mol. The number of aliphatic hydroxyl groups is 1. The lowest BCUT2D eigenvalue weighted by atomic mass is 10.0. The molecule has 0 radical (unpaired) electrons. The maximum absolute atomic E-state index is 13.7. The van der Waals surface area contributed by atoms with E-state index in [0.717, 1.165) is 17.7 Å². The monoisotopic (exact) mass is 654 g/mol. The zero-order chi connectivity index (χ0) is 32.7. The van der Waals surface area contributed by atoms with Gasteiger partial charge in [-0.25, -0.2) is 13.2 Å². The molecular formula is C33H42N4O8S. The minimum absolute atomic E-state index is 0.0279. The summed E-state index contributed by atoms with van der Waals surface area (Å²) in [6.45, 7) is 4.72. The summed E-state index contributed by atoms with van der Waals surface area (Å²) in [6, 6.07) is 18.0. The van der Waals surface area contributed by atoms with Crippen LogP contribution in [0.2, 0.25) is 0 Å². The van der Waals surface area contributed by atoms with Crippen molar-refractivity contribution in [3.05, 3.63) is 84.2 Å². The smallest absolute Gasteiger partial charge is 0.407 e. The van der Waals surface area contributed by atoms with Gasteiger partial charge in [0.15, 0.2) is 6.29 Å². The van der Waals surface area contributed by atoms with E-state index >= 15 is 0 Å². The van der Waals surface area contributed by atoms with Gasteiger partial charge in [-0.2, -0.15) is 4.31 Å². The largest absolute Gasteiger partial charge is 0.487 e. The number of pyridine rings is 1. The molecule has 3 aromatic rings. The lowest BCUT2D eigenvalue weighted by Crippen LogP contribution is -2.51. The summed E-state index contributed by atoms with van der Waals surface area (Å²) < 4.78 is 51.3. The number of fused-ring (bicyclic) bond motifs is 1. The van der Waals surface area contributed by atoms with E-state index < -0.39 is 34.4 Å². The number of hydrogen-bond donors (Lipinski definition) is 3. The van der Waals surface area contributed by atoms with Crippen LogP contribution in [0.15, 0.2) is 77.8 Å². The van der Waals surface area contributed by atoms with Crippen molar-refractivity contribution in [2.75, 3.05) is 32.0 Å². The molecule has 3 heterocycles. The first-order valence-corrected chi connectivity index (χ1v) is 16.9. The van der Waals surface area contributed by atoms with Crippen LogP contribution in [-0.4, -0.2) is 79.7 Å². The number of nitrogens with one attached hydrogen (secondary N) is 1. The molecule has 2 aliphatic rings. The van der Waals surface area contributed by atoms with E-state index in [0.29, 0.717) is 24.7 Å². The molecule has 13 heteroatoms. The number of benzene rings is 2. The molecule has 2 saturated heterocycles. The van der Waals surface area contributed by atoms with Crippen LogP contribution in [0.5, 0.6) is 5.75 Å². The van der Waals surface area contributed by atoms with E-state index in [1.165, 1.54) is 16.4 Å². The summed E-state index contributed by atoms with van der Waals surface area (Å²) in [5.74, 6) is 0.532. The van der Waals surface area contributed by atoms with Crippen LogP contribution in [-0.2, 0) is 37.3 Å². The van der Waals surface area contributed by atoms with E-state index in [9.17, 15) is 18.3 Å². The van der Waals surface area contributed by atoms with Crippen molar-refractivity contribution in [1.82, 2.24) is 14.6 Å². The number of alkyl carbamates (subject to hydrolysis) is 1. The summed E-state index contributed by atoms with van der Waals surface area (Å²) in [7, 11) is -4.01. The fourth-order valence-electron chi connectivity index (χ4n) is 5.61. The maximum atomic E-state index is 13.7.